The van der Waals surface area contributed by atoms with E-state index in [1.165, 1.54) is 31.2 Å². The maximum absolute atomic E-state index is 5.95. The Morgan fingerprint density at radius 2 is 1.93 bits per heavy atom. The SMILES string of the molecule is Nc1nc(NC2CC2)nc2c1CCCC2. The summed E-state index contributed by atoms with van der Waals surface area (Å²) in [6.07, 6.45) is 7.02. The van der Waals surface area contributed by atoms with Crippen molar-refractivity contribution in [3.05, 3.63) is 11.3 Å². The Bertz CT molecular complexity index is 384. The molecule has 2 aliphatic rings. The van der Waals surface area contributed by atoms with Gasteiger partial charge in [-0.25, -0.2) is 4.98 Å². The molecule has 4 nitrogen and oxygen atoms in total. The van der Waals surface area contributed by atoms with Crippen molar-refractivity contribution >= 4 is 11.8 Å². The van der Waals surface area contributed by atoms with Crippen LogP contribution in [0.25, 0.3) is 0 Å². The minimum atomic E-state index is 0.589. The molecule has 80 valence electrons. The minimum absolute atomic E-state index is 0.589. The predicted octanol–water partition coefficient (Wildman–Crippen LogP) is 1.51. The van der Waals surface area contributed by atoms with E-state index in [1.54, 1.807) is 0 Å². The molecule has 0 aliphatic heterocycles. The number of aryl methyl sites for hydroxylation is 1. The van der Waals surface area contributed by atoms with Gasteiger partial charge in [0, 0.05) is 11.6 Å². The number of nitrogen functional groups attached to an aromatic ring is 1. The molecular formula is C11H16N4. The average Bonchev–Trinajstić information content (AvgIpc) is 3.02. The van der Waals surface area contributed by atoms with Gasteiger partial charge in [-0.05, 0) is 38.5 Å². The van der Waals surface area contributed by atoms with E-state index in [2.05, 4.69) is 15.3 Å². The lowest BCUT2D eigenvalue weighted by Gasteiger charge is -2.17. The normalized spacial score (nSPS) is 19.7. The monoisotopic (exact) mass is 204 g/mol. The van der Waals surface area contributed by atoms with E-state index in [-0.39, 0.29) is 0 Å². The molecule has 0 aromatic carbocycles. The second kappa shape index (κ2) is 3.36. The summed E-state index contributed by atoms with van der Waals surface area (Å²) < 4.78 is 0. The summed E-state index contributed by atoms with van der Waals surface area (Å²) >= 11 is 0. The molecule has 1 aromatic rings. The molecule has 0 radical (unpaired) electrons. The van der Waals surface area contributed by atoms with Crippen LogP contribution >= 0.6 is 0 Å². The van der Waals surface area contributed by atoms with Crippen molar-refractivity contribution < 1.29 is 0 Å². The largest absolute Gasteiger partial charge is 0.383 e. The first-order chi connectivity index (χ1) is 7.33. The van der Waals surface area contributed by atoms with Crippen LogP contribution < -0.4 is 11.1 Å². The third-order valence-electron chi connectivity index (χ3n) is 3.13. The van der Waals surface area contributed by atoms with E-state index >= 15 is 0 Å². The van der Waals surface area contributed by atoms with Crippen LogP contribution in [0.4, 0.5) is 11.8 Å². The van der Waals surface area contributed by atoms with Gasteiger partial charge >= 0.3 is 0 Å². The molecule has 2 aliphatic carbocycles. The van der Waals surface area contributed by atoms with Crippen LogP contribution in [-0.2, 0) is 12.8 Å². The van der Waals surface area contributed by atoms with E-state index in [9.17, 15) is 0 Å². The Morgan fingerprint density at radius 1 is 1.13 bits per heavy atom. The number of rotatable bonds is 2. The molecule has 4 heteroatoms. The second-order valence-electron chi connectivity index (χ2n) is 4.48. The zero-order valence-corrected chi connectivity index (χ0v) is 8.79. The summed E-state index contributed by atoms with van der Waals surface area (Å²) in [4.78, 5) is 8.87. The highest BCUT2D eigenvalue weighted by atomic mass is 15.1. The van der Waals surface area contributed by atoms with Crippen molar-refractivity contribution in [2.75, 3.05) is 11.1 Å². The number of aromatic nitrogens is 2. The Balaban J connectivity index is 1.92. The molecule has 0 spiro atoms. The van der Waals surface area contributed by atoms with Crippen molar-refractivity contribution in [2.24, 2.45) is 0 Å². The molecule has 0 unspecified atom stereocenters. The summed E-state index contributed by atoms with van der Waals surface area (Å²) in [5.74, 6) is 1.42. The van der Waals surface area contributed by atoms with Crippen LogP contribution in [0, 0.1) is 0 Å². The predicted molar refractivity (Wildman–Crippen MR) is 59.7 cm³/mol. The molecule has 0 atom stereocenters. The van der Waals surface area contributed by atoms with Crippen LogP contribution in [-0.4, -0.2) is 16.0 Å². The van der Waals surface area contributed by atoms with E-state index in [4.69, 9.17) is 5.73 Å². The Labute approximate surface area is 89.3 Å². The minimum Gasteiger partial charge on any atom is -0.383 e. The van der Waals surface area contributed by atoms with E-state index in [1.807, 2.05) is 0 Å². The third-order valence-corrected chi connectivity index (χ3v) is 3.13. The molecule has 0 bridgehead atoms. The van der Waals surface area contributed by atoms with Gasteiger partial charge in [0.2, 0.25) is 5.95 Å². The van der Waals surface area contributed by atoms with Gasteiger partial charge in [-0.15, -0.1) is 0 Å². The summed E-state index contributed by atoms with van der Waals surface area (Å²) in [6.45, 7) is 0. The Kier molecular flexibility index (Phi) is 2.01. The first-order valence-corrected chi connectivity index (χ1v) is 5.75. The highest BCUT2D eigenvalue weighted by Gasteiger charge is 2.23. The van der Waals surface area contributed by atoms with Crippen molar-refractivity contribution in [1.29, 1.82) is 0 Å². The molecule has 3 rings (SSSR count). The molecule has 3 N–H and O–H groups in total. The zero-order valence-electron chi connectivity index (χ0n) is 8.79. The van der Waals surface area contributed by atoms with Crippen molar-refractivity contribution in [2.45, 2.75) is 44.6 Å². The van der Waals surface area contributed by atoms with Crippen molar-refractivity contribution in [3.63, 3.8) is 0 Å². The van der Waals surface area contributed by atoms with E-state index in [0.717, 1.165) is 24.5 Å². The summed E-state index contributed by atoms with van der Waals surface area (Å²) in [7, 11) is 0. The van der Waals surface area contributed by atoms with Crippen LogP contribution in [0.3, 0.4) is 0 Å². The lowest BCUT2D eigenvalue weighted by Crippen LogP contribution is -2.14. The fraction of sp³-hybridized carbons (Fsp3) is 0.636. The molecule has 15 heavy (non-hydrogen) atoms. The number of nitrogens with zero attached hydrogens (tertiary/aromatic N) is 2. The van der Waals surface area contributed by atoms with Gasteiger partial charge in [0.05, 0.1) is 5.69 Å². The third kappa shape index (κ3) is 1.76. The standard InChI is InChI=1S/C11H16N4/c12-10-8-3-1-2-4-9(8)14-11(15-10)13-7-5-6-7/h7H,1-6H2,(H3,12,13,14,15). The quantitative estimate of drug-likeness (QED) is 0.766. The summed E-state index contributed by atoms with van der Waals surface area (Å²) in [6, 6.07) is 0.589. The summed E-state index contributed by atoms with van der Waals surface area (Å²) in [5, 5.41) is 3.30. The highest BCUT2D eigenvalue weighted by Crippen LogP contribution is 2.27. The Morgan fingerprint density at radius 3 is 2.73 bits per heavy atom. The van der Waals surface area contributed by atoms with Gasteiger partial charge < -0.3 is 11.1 Å². The lowest BCUT2D eigenvalue weighted by atomic mass is 9.97. The van der Waals surface area contributed by atoms with Gasteiger partial charge in [0.15, 0.2) is 0 Å². The van der Waals surface area contributed by atoms with Crippen LogP contribution in [0.2, 0.25) is 0 Å². The fourth-order valence-electron chi connectivity index (χ4n) is 2.10. The smallest absolute Gasteiger partial charge is 0.225 e. The van der Waals surface area contributed by atoms with Crippen LogP contribution in [0.15, 0.2) is 0 Å². The van der Waals surface area contributed by atoms with E-state index in [0.29, 0.717) is 11.9 Å². The summed E-state index contributed by atoms with van der Waals surface area (Å²) in [5.41, 5.74) is 8.29. The fourth-order valence-corrected chi connectivity index (χ4v) is 2.10. The molecular weight excluding hydrogens is 188 g/mol. The highest BCUT2D eigenvalue weighted by molar-refractivity contribution is 5.48. The van der Waals surface area contributed by atoms with Gasteiger partial charge in [0.25, 0.3) is 0 Å². The van der Waals surface area contributed by atoms with E-state index < -0.39 is 0 Å². The van der Waals surface area contributed by atoms with Crippen LogP contribution in [0.1, 0.15) is 36.9 Å². The first kappa shape index (κ1) is 8.95. The van der Waals surface area contributed by atoms with Gasteiger partial charge in [0.1, 0.15) is 5.82 Å². The van der Waals surface area contributed by atoms with Crippen molar-refractivity contribution in [1.82, 2.24) is 9.97 Å². The maximum Gasteiger partial charge on any atom is 0.225 e. The number of nitrogens with one attached hydrogen (secondary N) is 1. The number of nitrogens with two attached hydrogens (primary N) is 1. The number of hydrogen-bond donors (Lipinski definition) is 2. The first-order valence-electron chi connectivity index (χ1n) is 5.75. The molecule has 1 saturated carbocycles. The van der Waals surface area contributed by atoms with Crippen molar-refractivity contribution in [3.8, 4) is 0 Å². The van der Waals surface area contributed by atoms with Gasteiger partial charge in [-0.2, -0.15) is 4.98 Å². The molecule has 0 saturated heterocycles. The molecule has 1 fully saturated rings. The lowest BCUT2D eigenvalue weighted by molar-refractivity contribution is 0.665. The van der Waals surface area contributed by atoms with Gasteiger partial charge in [-0.1, -0.05) is 0 Å². The molecule has 1 heterocycles. The number of hydrogen-bond acceptors (Lipinski definition) is 4. The van der Waals surface area contributed by atoms with Crippen LogP contribution in [0.5, 0.6) is 0 Å². The van der Waals surface area contributed by atoms with Gasteiger partial charge in [-0.3, -0.25) is 0 Å². The average molecular weight is 204 g/mol. The molecule has 1 aromatic heterocycles. The Hall–Kier alpha value is -1.32. The number of anilines is 2. The molecule has 0 amide bonds. The number of fused-ring (bicyclic) bond motifs is 1. The second-order valence-corrected chi connectivity index (χ2v) is 4.48. The zero-order chi connectivity index (χ0) is 10.3. The topological polar surface area (TPSA) is 63.8 Å². The maximum atomic E-state index is 5.95.